The van der Waals surface area contributed by atoms with Crippen LogP contribution in [0.15, 0.2) is 78.9 Å². The summed E-state index contributed by atoms with van der Waals surface area (Å²) >= 11 is 0. The van der Waals surface area contributed by atoms with Gasteiger partial charge in [0, 0.05) is 0 Å². The first-order valence-electron chi connectivity index (χ1n) is 8.52. The maximum atomic E-state index is 3.49. The van der Waals surface area contributed by atoms with E-state index in [2.05, 4.69) is 78.0 Å². The van der Waals surface area contributed by atoms with Gasteiger partial charge in [-0.3, -0.25) is 4.99 Å². The van der Waals surface area contributed by atoms with Gasteiger partial charge >= 0.3 is 5.96 Å². The maximum Gasteiger partial charge on any atom is 0.353 e. The highest BCUT2D eigenvalue weighted by atomic mass is 79.9. The number of nitrogens with one attached hydrogen (secondary N) is 3. The topological polar surface area (TPSA) is 38.0 Å². The molecule has 0 aliphatic heterocycles. The van der Waals surface area contributed by atoms with E-state index >= 15 is 0 Å². The Morgan fingerprint density at radius 1 is 0.692 bits per heavy atom. The van der Waals surface area contributed by atoms with Gasteiger partial charge in [-0.2, -0.15) is 0 Å². The molecule has 0 saturated heterocycles. The molecule has 4 heteroatoms. The molecule has 3 nitrogen and oxygen atoms in total. The van der Waals surface area contributed by atoms with Crippen LogP contribution in [0, 0.1) is 13.8 Å². The molecule has 0 aliphatic carbocycles. The molecule has 0 aromatic heterocycles. The molecule has 0 bridgehead atoms. The number of benzene rings is 3. The molecule has 3 aromatic rings. The molecule has 0 spiro atoms. The van der Waals surface area contributed by atoms with Gasteiger partial charge in [-0.1, -0.05) is 66.7 Å². The number of halogens is 1. The van der Waals surface area contributed by atoms with Crippen molar-refractivity contribution in [2.45, 2.75) is 20.4 Å². The van der Waals surface area contributed by atoms with Gasteiger partial charge in [0.25, 0.3) is 0 Å². The summed E-state index contributed by atoms with van der Waals surface area (Å²) in [6, 6.07) is 26.9. The second kappa shape index (κ2) is 9.78. The first kappa shape index (κ1) is 19.7. The minimum absolute atomic E-state index is 0. The lowest BCUT2D eigenvalue weighted by molar-refractivity contribution is -0.475. The minimum Gasteiger partial charge on any atom is -1.00 e. The molecular weight excluding hydrogens is 386 g/mol. The molecule has 0 fully saturated rings. The van der Waals surface area contributed by atoms with E-state index in [4.69, 9.17) is 0 Å². The third kappa shape index (κ3) is 5.46. The normalized spacial score (nSPS) is 9.77. The van der Waals surface area contributed by atoms with Crippen molar-refractivity contribution in [2.24, 2.45) is 0 Å². The zero-order valence-electron chi connectivity index (χ0n) is 15.1. The number of hydrogen-bond donors (Lipinski definition) is 3. The van der Waals surface area contributed by atoms with Crippen molar-refractivity contribution in [2.75, 3.05) is 10.6 Å². The van der Waals surface area contributed by atoms with Crippen LogP contribution in [0.2, 0.25) is 0 Å². The monoisotopic (exact) mass is 409 g/mol. The van der Waals surface area contributed by atoms with Gasteiger partial charge < -0.3 is 17.0 Å². The molecule has 0 unspecified atom stereocenters. The van der Waals surface area contributed by atoms with E-state index in [0.717, 1.165) is 23.9 Å². The van der Waals surface area contributed by atoms with Crippen molar-refractivity contribution in [3.63, 3.8) is 0 Å². The molecular formula is C22H24BrN3. The Morgan fingerprint density at radius 2 is 1.15 bits per heavy atom. The molecule has 134 valence electrons. The Hall–Kier alpha value is -2.59. The fourth-order valence-electron chi connectivity index (χ4n) is 2.60. The third-order valence-corrected chi connectivity index (χ3v) is 4.12. The summed E-state index contributed by atoms with van der Waals surface area (Å²) < 4.78 is 0. The Bertz CT molecular complexity index is 811. The average Bonchev–Trinajstić information content (AvgIpc) is 2.64. The highest BCUT2D eigenvalue weighted by Crippen LogP contribution is 2.15. The van der Waals surface area contributed by atoms with E-state index < -0.39 is 0 Å². The van der Waals surface area contributed by atoms with E-state index in [-0.39, 0.29) is 17.0 Å². The largest absolute Gasteiger partial charge is 1.00 e. The number of anilines is 2. The third-order valence-electron chi connectivity index (χ3n) is 4.12. The molecule has 26 heavy (non-hydrogen) atoms. The molecule has 3 aromatic carbocycles. The van der Waals surface area contributed by atoms with E-state index in [0.29, 0.717) is 0 Å². The second-order valence-corrected chi connectivity index (χ2v) is 6.09. The lowest BCUT2D eigenvalue weighted by Crippen LogP contribution is -3.00. The van der Waals surface area contributed by atoms with Crippen molar-refractivity contribution < 1.29 is 22.0 Å². The Labute approximate surface area is 166 Å². The van der Waals surface area contributed by atoms with Gasteiger partial charge in [0.2, 0.25) is 0 Å². The Balaban J connectivity index is 0.00000243. The van der Waals surface area contributed by atoms with Crippen LogP contribution >= 0.6 is 0 Å². The van der Waals surface area contributed by atoms with Gasteiger partial charge in [0.05, 0.1) is 6.54 Å². The lowest BCUT2D eigenvalue weighted by Gasteiger charge is -2.09. The summed E-state index contributed by atoms with van der Waals surface area (Å²) in [5, 5.41) is 6.98. The van der Waals surface area contributed by atoms with Crippen LogP contribution in [0.3, 0.4) is 0 Å². The molecule has 0 heterocycles. The van der Waals surface area contributed by atoms with Crippen molar-refractivity contribution in [1.29, 1.82) is 0 Å². The second-order valence-electron chi connectivity index (χ2n) is 6.09. The highest BCUT2D eigenvalue weighted by Gasteiger charge is 2.11. The summed E-state index contributed by atoms with van der Waals surface area (Å²) in [7, 11) is 0. The summed E-state index contributed by atoms with van der Waals surface area (Å²) in [5.41, 5.74) is 5.80. The van der Waals surface area contributed by atoms with Crippen LogP contribution < -0.4 is 32.6 Å². The predicted octanol–water partition coefficient (Wildman–Crippen LogP) is 0.468. The molecule has 0 saturated carbocycles. The van der Waals surface area contributed by atoms with E-state index in [1.807, 2.05) is 30.3 Å². The summed E-state index contributed by atoms with van der Waals surface area (Å²) in [6.07, 6.45) is 0. The lowest BCUT2D eigenvalue weighted by atomic mass is 10.2. The van der Waals surface area contributed by atoms with E-state index in [9.17, 15) is 0 Å². The van der Waals surface area contributed by atoms with Gasteiger partial charge in [0.1, 0.15) is 11.4 Å². The van der Waals surface area contributed by atoms with Crippen molar-refractivity contribution >= 4 is 17.3 Å². The zero-order valence-corrected chi connectivity index (χ0v) is 16.7. The average molecular weight is 410 g/mol. The van der Waals surface area contributed by atoms with E-state index in [1.54, 1.807) is 0 Å². The predicted molar refractivity (Wildman–Crippen MR) is 106 cm³/mol. The van der Waals surface area contributed by atoms with Crippen LogP contribution in [-0.2, 0) is 6.54 Å². The molecule has 0 aliphatic rings. The SMILES string of the molecule is Cc1ccccc1NC(Nc1ccccc1C)=[NH+]Cc1ccccc1.[Br-]. The van der Waals surface area contributed by atoms with E-state index in [1.165, 1.54) is 16.7 Å². The van der Waals surface area contributed by atoms with Crippen LogP contribution in [0.5, 0.6) is 0 Å². The standard InChI is InChI=1S/C22H23N3.BrH/c1-17-10-6-8-14-20(17)24-22(23-16-19-12-4-3-5-13-19)25-21-15-9-7-11-18(21)2;/h3-15H,16H2,1-2H3,(H2,23,24,25);1H. The molecule has 0 radical (unpaired) electrons. The van der Waals surface area contributed by atoms with Crippen molar-refractivity contribution in [3.05, 3.63) is 95.6 Å². The van der Waals surface area contributed by atoms with Gasteiger partial charge in [-0.15, -0.1) is 0 Å². The van der Waals surface area contributed by atoms with Gasteiger partial charge in [-0.05, 0) is 42.7 Å². The Kier molecular flexibility index (Phi) is 7.42. The first-order chi connectivity index (χ1) is 12.2. The van der Waals surface area contributed by atoms with Crippen molar-refractivity contribution in [1.82, 2.24) is 0 Å². The number of aryl methyl sites for hydroxylation is 2. The summed E-state index contributed by atoms with van der Waals surface area (Å²) in [5.74, 6) is 0.868. The Morgan fingerprint density at radius 3 is 1.65 bits per heavy atom. The number of rotatable bonds is 4. The maximum absolute atomic E-state index is 3.49. The smallest absolute Gasteiger partial charge is 0.353 e. The fourth-order valence-corrected chi connectivity index (χ4v) is 2.60. The zero-order chi connectivity index (χ0) is 17.5. The first-order valence-corrected chi connectivity index (χ1v) is 8.52. The van der Waals surface area contributed by atoms with Crippen LogP contribution in [-0.4, -0.2) is 5.96 Å². The fraction of sp³-hybridized carbons (Fsp3) is 0.136. The quantitative estimate of drug-likeness (QED) is 0.432. The summed E-state index contributed by atoms with van der Waals surface area (Å²) in [6.45, 7) is 4.95. The van der Waals surface area contributed by atoms with Crippen LogP contribution in [0.25, 0.3) is 0 Å². The molecule has 3 rings (SSSR count). The summed E-state index contributed by atoms with van der Waals surface area (Å²) in [4.78, 5) is 3.48. The van der Waals surface area contributed by atoms with Gasteiger partial charge in [-0.25, -0.2) is 10.6 Å². The highest BCUT2D eigenvalue weighted by molar-refractivity contribution is 6.00. The molecule has 0 atom stereocenters. The van der Waals surface area contributed by atoms with Crippen LogP contribution in [0.4, 0.5) is 11.4 Å². The number of hydrogen-bond acceptors (Lipinski definition) is 0. The van der Waals surface area contributed by atoms with Crippen molar-refractivity contribution in [3.8, 4) is 0 Å². The van der Waals surface area contributed by atoms with Crippen LogP contribution in [0.1, 0.15) is 16.7 Å². The minimum atomic E-state index is 0. The number of guanidine groups is 1. The van der Waals surface area contributed by atoms with Gasteiger partial charge in [0.15, 0.2) is 0 Å². The molecule has 0 amide bonds. The number of para-hydroxylation sites is 2. The molecule has 3 N–H and O–H groups in total.